The fourth-order valence-corrected chi connectivity index (χ4v) is 2.27. The van der Waals surface area contributed by atoms with Crippen molar-refractivity contribution in [3.63, 3.8) is 0 Å². The molecule has 0 aliphatic rings. The monoisotopic (exact) mass is 229 g/mol. The van der Waals surface area contributed by atoms with Crippen molar-refractivity contribution in [3.8, 4) is 0 Å². The predicted octanol–water partition coefficient (Wildman–Crippen LogP) is 1.28. The molecule has 0 spiro atoms. The standard InChI is InChI=1S/C11H19NO2S/c1-11(13,9-12-5-6-14-2)8-10-4-3-7-15-10/h3-4,7,12-13H,5-6,8-9H2,1-2H3. The first-order chi connectivity index (χ1) is 7.14. The second-order valence-corrected chi connectivity index (χ2v) is 4.95. The van der Waals surface area contributed by atoms with Gasteiger partial charge in [-0.15, -0.1) is 11.3 Å². The van der Waals surface area contributed by atoms with Crippen molar-refractivity contribution in [1.29, 1.82) is 0 Å². The average molecular weight is 229 g/mol. The molecule has 1 atom stereocenters. The van der Waals surface area contributed by atoms with Crippen LogP contribution in [-0.2, 0) is 11.2 Å². The number of ether oxygens (including phenoxy) is 1. The highest BCUT2D eigenvalue weighted by Gasteiger charge is 2.20. The topological polar surface area (TPSA) is 41.5 Å². The van der Waals surface area contributed by atoms with Crippen LogP contribution in [0.2, 0.25) is 0 Å². The first-order valence-corrected chi connectivity index (χ1v) is 5.96. The van der Waals surface area contributed by atoms with E-state index in [1.807, 2.05) is 24.4 Å². The van der Waals surface area contributed by atoms with Crippen LogP contribution in [0.15, 0.2) is 17.5 Å². The first kappa shape index (κ1) is 12.6. The molecule has 0 saturated heterocycles. The van der Waals surface area contributed by atoms with Gasteiger partial charge in [-0.25, -0.2) is 0 Å². The van der Waals surface area contributed by atoms with E-state index in [9.17, 15) is 5.11 Å². The van der Waals surface area contributed by atoms with Gasteiger partial charge in [0.05, 0.1) is 12.2 Å². The van der Waals surface area contributed by atoms with Gasteiger partial charge in [0.2, 0.25) is 0 Å². The number of thiophene rings is 1. The maximum atomic E-state index is 10.1. The molecule has 0 aromatic carbocycles. The highest BCUT2D eigenvalue weighted by atomic mass is 32.1. The lowest BCUT2D eigenvalue weighted by Crippen LogP contribution is -2.40. The molecule has 86 valence electrons. The molecule has 0 aliphatic carbocycles. The Hall–Kier alpha value is -0.420. The van der Waals surface area contributed by atoms with Crippen LogP contribution in [0.1, 0.15) is 11.8 Å². The number of nitrogens with one attached hydrogen (secondary N) is 1. The number of hydrogen-bond acceptors (Lipinski definition) is 4. The number of hydrogen-bond donors (Lipinski definition) is 2. The number of aliphatic hydroxyl groups is 1. The quantitative estimate of drug-likeness (QED) is 0.692. The molecule has 1 aromatic rings. The van der Waals surface area contributed by atoms with Crippen LogP contribution in [0, 0.1) is 0 Å². The van der Waals surface area contributed by atoms with E-state index in [0.717, 1.165) is 6.54 Å². The van der Waals surface area contributed by atoms with Crippen LogP contribution in [0.4, 0.5) is 0 Å². The van der Waals surface area contributed by atoms with Gasteiger partial charge in [-0.05, 0) is 18.4 Å². The van der Waals surface area contributed by atoms with E-state index in [0.29, 0.717) is 19.6 Å². The molecule has 0 saturated carbocycles. The maximum absolute atomic E-state index is 10.1. The van der Waals surface area contributed by atoms with Crippen molar-refractivity contribution in [3.05, 3.63) is 22.4 Å². The minimum absolute atomic E-state index is 0.592. The van der Waals surface area contributed by atoms with Gasteiger partial charge in [-0.3, -0.25) is 0 Å². The van der Waals surface area contributed by atoms with Gasteiger partial charge in [0.25, 0.3) is 0 Å². The molecule has 0 aliphatic heterocycles. The van der Waals surface area contributed by atoms with Crippen molar-refractivity contribution in [2.75, 3.05) is 26.8 Å². The summed E-state index contributed by atoms with van der Waals surface area (Å²) in [6, 6.07) is 4.06. The lowest BCUT2D eigenvalue weighted by molar-refractivity contribution is 0.0589. The second kappa shape index (κ2) is 6.23. The van der Waals surface area contributed by atoms with Crippen LogP contribution in [-0.4, -0.2) is 37.5 Å². The molecule has 1 heterocycles. The molecule has 0 amide bonds. The smallest absolute Gasteiger partial charge is 0.0791 e. The van der Waals surface area contributed by atoms with Crippen molar-refractivity contribution in [1.82, 2.24) is 5.32 Å². The Kier molecular flexibility index (Phi) is 5.25. The summed E-state index contributed by atoms with van der Waals surface area (Å²) in [5.74, 6) is 0. The van der Waals surface area contributed by atoms with Gasteiger partial charge < -0.3 is 15.2 Å². The summed E-state index contributed by atoms with van der Waals surface area (Å²) in [6.45, 7) is 3.90. The van der Waals surface area contributed by atoms with Crippen LogP contribution in [0.5, 0.6) is 0 Å². The van der Waals surface area contributed by atoms with Crippen LogP contribution in [0.25, 0.3) is 0 Å². The van der Waals surface area contributed by atoms with E-state index < -0.39 is 5.60 Å². The summed E-state index contributed by atoms with van der Waals surface area (Å²) in [7, 11) is 1.67. The van der Waals surface area contributed by atoms with E-state index in [4.69, 9.17) is 4.74 Å². The van der Waals surface area contributed by atoms with Crippen molar-refractivity contribution >= 4 is 11.3 Å². The minimum Gasteiger partial charge on any atom is -0.388 e. The molecule has 0 fully saturated rings. The molecular weight excluding hydrogens is 210 g/mol. The molecule has 15 heavy (non-hydrogen) atoms. The van der Waals surface area contributed by atoms with Gasteiger partial charge in [0, 0.05) is 31.5 Å². The van der Waals surface area contributed by atoms with Gasteiger partial charge in [-0.2, -0.15) is 0 Å². The third-order valence-electron chi connectivity index (χ3n) is 2.12. The summed E-state index contributed by atoms with van der Waals surface area (Å²) in [5.41, 5.74) is -0.682. The number of rotatable bonds is 7. The Balaban J connectivity index is 2.25. The largest absolute Gasteiger partial charge is 0.388 e. The number of methoxy groups -OCH3 is 1. The van der Waals surface area contributed by atoms with Gasteiger partial charge in [-0.1, -0.05) is 6.07 Å². The molecule has 4 heteroatoms. The molecule has 0 radical (unpaired) electrons. The van der Waals surface area contributed by atoms with Crippen LogP contribution < -0.4 is 5.32 Å². The molecule has 1 unspecified atom stereocenters. The predicted molar refractivity (Wildman–Crippen MR) is 63.4 cm³/mol. The Morgan fingerprint density at radius 1 is 1.60 bits per heavy atom. The summed E-state index contributed by atoms with van der Waals surface area (Å²) in [5, 5.41) is 15.3. The molecule has 1 aromatic heterocycles. The Labute approximate surface area is 95.1 Å². The van der Waals surface area contributed by atoms with E-state index in [1.54, 1.807) is 18.4 Å². The van der Waals surface area contributed by atoms with Crippen molar-refractivity contribution in [2.45, 2.75) is 18.9 Å². The summed E-state index contributed by atoms with van der Waals surface area (Å²) in [6.07, 6.45) is 0.699. The normalized spacial score (nSPS) is 15.1. The zero-order chi connectivity index (χ0) is 11.1. The summed E-state index contributed by atoms with van der Waals surface area (Å²) < 4.78 is 4.92. The van der Waals surface area contributed by atoms with Crippen LogP contribution in [0.3, 0.4) is 0 Å². The van der Waals surface area contributed by atoms with E-state index >= 15 is 0 Å². The fourth-order valence-electron chi connectivity index (χ4n) is 1.38. The zero-order valence-electron chi connectivity index (χ0n) is 9.32. The Morgan fingerprint density at radius 2 is 2.40 bits per heavy atom. The molecular formula is C11H19NO2S. The fraction of sp³-hybridized carbons (Fsp3) is 0.636. The Morgan fingerprint density at radius 3 is 3.00 bits per heavy atom. The minimum atomic E-state index is -0.682. The highest BCUT2D eigenvalue weighted by Crippen LogP contribution is 2.16. The van der Waals surface area contributed by atoms with Gasteiger partial charge in [0.15, 0.2) is 0 Å². The Bertz CT molecular complexity index is 260. The summed E-state index contributed by atoms with van der Waals surface area (Å²) >= 11 is 1.68. The third kappa shape index (κ3) is 5.28. The molecule has 1 rings (SSSR count). The van der Waals surface area contributed by atoms with Crippen molar-refractivity contribution in [2.24, 2.45) is 0 Å². The van der Waals surface area contributed by atoms with E-state index in [1.165, 1.54) is 4.88 Å². The van der Waals surface area contributed by atoms with Gasteiger partial charge in [0.1, 0.15) is 0 Å². The highest BCUT2D eigenvalue weighted by molar-refractivity contribution is 7.09. The first-order valence-electron chi connectivity index (χ1n) is 5.08. The SMILES string of the molecule is COCCNCC(C)(O)Cc1cccs1. The lowest BCUT2D eigenvalue weighted by atomic mass is 10.0. The van der Waals surface area contributed by atoms with E-state index in [2.05, 4.69) is 5.32 Å². The van der Waals surface area contributed by atoms with Gasteiger partial charge >= 0.3 is 0 Å². The molecule has 3 nitrogen and oxygen atoms in total. The molecule has 2 N–H and O–H groups in total. The molecule has 0 bridgehead atoms. The second-order valence-electron chi connectivity index (χ2n) is 3.92. The third-order valence-corrected chi connectivity index (χ3v) is 3.00. The average Bonchev–Trinajstić information content (AvgIpc) is 2.64. The maximum Gasteiger partial charge on any atom is 0.0791 e. The lowest BCUT2D eigenvalue weighted by Gasteiger charge is -2.23. The zero-order valence-corrected chi connectivity index (χ0v) is 10.1. The van der Waals surface area contributed by atoms with E-state index in [-0.39, 0.29) is 0 Å². The van der Waals surface area contributed by atoms with Crippen LogP contribution >= 0.6 is 11.3 Å². The summed E-state index contributed by atoms with van der Waals surface area (Å²) in [4.78, 5) is 1.22. The van der Waals surface area contributed by atoms with Crippen molar-refractivity contribution < 1.29 is 9.84 Å².